The van der Waals surface area contributed by atoms with Gasteiger partial charge in [0.25, 0.3) is 5.56 Å². The third-order valence-electron chi connectivity index (χ3n) is 3.42. The number of para-hydroxylation sites is 1. The first-order valence-electron chi connectivity index (χ1n) is 6.83. The van der Waals surface area contributed by atoms with Crippen molar-refractivity contribution in [3.05, 3.63) is 46.2 Å². The summed E-state index contributed by atoms with van der Waals surface area (Å²) in [5.74, 6) is 0. The highest BCUT2D eigenvalue weighted by molar-refractivity contribution is 5.79. The van der Waals surface area contributed by atoms with Crippen molar-refractivity contribution in [2.75, 3.05) is 0 Å². The molecule has 1 aromatic carbocycles. The second-order valence-electron chi connectivity index (χ2n) is 4.90. The van der Waals surface area contributed by atoms with Crippen LogP contribution in [0.2, 0.25) is 0 Å². The first kappa shape index (κ1) is 12.9. The Labute approximate surface area is 108 Å². The van der Waals surface area contributed by atoms with E-state index in [1.165, 1.54) is 19.3 Å². The topological polar surface area (TPSA) is 22.0 Å². The van der Waals surface area contributed by atoms with Crippen molar-refractivity contribution in [3.8, 4) is 0 Å². The standard InChI is InChI=1S/C16H21NO/c1-3-4-5-8-11-17-15-10-7-6-9-14(15)12-13(2)16(17)18/h6-7,9-10,12H,3-5,8,11H2,1-2H3. The van der Waals surface area contributed by atoms with Crippen LogP contribution in [-0.4, -0.2) is 4.57 Å². The molecule has 2 nitrogen and oxygen atoms in total. The summed E-state index contributed by atoms with van der Waals surface area (Å²) in [5.41, 5.74) is 2.05. The number of aryl methyl sites for hydroxylation is 2. The molecule has 1 aromatic heterocycles. The SMILES string of the molecule is CCCCCCn1c(=O)c(C)cc2ccccc21. The number of benzene rings is 1. The Bertz CT molecular complexity index is 583. The van der Waals surface area contributed by atoms with Gasteiger partial charge < -0.3 is 4.57 Å². The smallest absolute Gasteiger partial charge is 0.253 e. The van der Waals surface area contributed by atoms with E-state index in [0.717, 1.165) is 29.4 Å². The van der Waals surface area contributed by atoms with Crippen molar-refractivity contribution < 1.29 is 0 Å². The Kier molecular flexibility index (Phi) is 4.19. The third-order valence-corrected chi connectivity index (χ3v) is 3.42. The average molecular weight is 243 g/mol. The fraction of sp³-hybridized carbons (Fsp3) is 0.438. The summed E-state index contributed by atoms with van der Waals surface area (Å²) in [4.78, 5) is 12.2. The van der Waals surface area contributed by atoms with Crippen molar-refractivity contribution in [1.82, 2.24) is 4.57 Å². The van der Waals surface area contributed by atoms with Crippen LogP contribution < -0.4 is 5.56 Å². The summed E-state index contributed by atoms with van der Waals surface area (Å²) >= 11 is 0. The van der Waals surface area contributed by atoms with E-state index in [9.17, 15) is 4.79 Å². The van der Waals surface area contributed by atoms with E-state index in [2.05, 4.69) is 13.0 Å². The van der Waals surface area contributed by atoms with E-state index in [0.29, 0.717) is 0 Å². The van der Waals surface area contributed by atoms with Crippen molar-refractivity contribution in [3.63, 3.8) is 0 Å². The zero-order valence-corrected chi connectivity index (χ0v) is 11.3. The molecule has 0 fully saturated rings. The van der Waals surface area contributed by atoms with E-state index in [1.54, 1.807) is 0 Å². The van der Waals surface area contributed by atoms with Crippen LogP contribution in [0.1, 0.15) is 38.2 Å². The molecule has 0 radical (unpaired) electrons. The zero-order valence-electron chi connectivity index (χ0n) is 11.3. The molecule has 0 saturated heterocycles. The molecule has 0 aliphatic carbocycles. The van der Waals surface area contributed by atoms with Crippen LogP contribution in [-0.2, 0) is 6.54 Å². The lowest BCUT2D eigenvalue weighted by molar-refractivity contribution is 0.581. The second-order valence-corrected chi connectivity index (χ2v) is 4.90. The van der Waals surface area contributed by atoms with E-state index in [4.69, 9.17) is 0 Å². The normalized spacial score (nSPS) is 11.0. The minimum absolute atomic E-state index is 0.158. The number of unbranched alkanes of at least 4 members (excludes halogenated alkanes) is 3. The molecule has 96 valence electrons. The Morgan fingerprint density at radius 3 is 2.67 bits per heavy atom. The quantitative estimate of drug-likeness (QED) is 0.730. The highest BCUT2D eigenvalue weighted by atomic mass is 16.1. The lowest BCUT2D eigenvalue weighted by atomic mass is 10.1. The zero-order chi connectivity index (χ0) is 13.0. The van der Waals surface area contributed by atoms with Gasteiger partial charge in [-0.2, -0.15) is 0 Å². The molecule has 0 aliphatic rings. The van der Waals surface area contributed by atoms with Gasteiger partial charge in [0, 0.05) is 12.1 Å². The molecule has 0 amide bonds. The largest absolute Gasteiger partial charge is 0.308 e. The molecule has 2 aromatic rings. The van der Waals surface area contributed by atoms with Gasteiger partial charge >= 0.3 is 0 Å². The van der Waals surface area contributed by atoms with E-state index in [1.807, 2.05) is 35.8 Å². The number of pyridine rings is 1. The lowest BCUT2D eigenvalue weighted by Gasteiger charge is -2.11. The van der Waals surface area contributed by atoms with Crippen molar-refractivity contribution in [2.24, 2.45) is 0 Å². The summed E-state index contributed by atoms with van der Waals surface area (Å²) in [6.45, 7) is 4.94. The van der Waals surface area contributed by atoms with Crippen LogP contribution in [0.3, 0.4) is 0 Å². The van der Waals surface area contributed by atoms with E-state index >= 15 is 0 Å². The maximum absolute atomic E-state index is 12.2. The summed E-state index contributed by atoms with van der Waals surface area (Å²) in [6.07, 6.45) is 4.76. The molecule has 0 N–H and O–H groups in total. The first-order chi connectivity index (χ1) is 8.74. The van der Waals surface area contributed by atoms with Gasteiger partial charge in [-0.3, -0.25) is 4.79 Å². The molecule has 0 unspecified atom stereocenters. The van der Waals surface area contributed by atoms with Gasteiger partial charge in [0.15, 0.2) is 0 Å². The predicted molar refractivity (Wildman–Crippen MR) is 77.1 cm³/mol. The van der Waals surface area contributed by atoms with Gasteiger partial charge in [0.05, 0.1) is 5.52 Å². The maximum Gasteiger partial charge on any atom is 0.253 e. The predicted octanol–water partition coefficient (Wildman–Crippen LogP) is 3.89. The van der Waals surface area contributed by atoms with E-state index < -0.39 is 0 Å². The molecule has 0 atom stereocenters. The van der Waals surface area contributed by atoms with Crippen molar-refractivity contribution >= 4 is 10.9 Å². The van der Waals surface area contributed by atoms with Gasteiger partial charge in [-0.15, -0.1) is 0 Å². The van der Waals surface area contributed by atoms with Crippen LogP contribution >= 0.6 is 0 Å². The first-order valence-corrected chi connectivity index (χ1v) is 6.83. The van der Waals surface area contributed by atoms with Gasteiger partial charge in [-0.05, 0) is 30.9 Å². The Hall–Kier alpha value is -1.57. The number of fused-ring (bicyclic) bond motifs is 1. The molecular weight excluding hydrogens is 222 g/mol. The molecule has 18 heavy (non-hydrogen) atoms. The van der Waals surface area contributed by atoms with E-state index in [-0.39, 0.29) is 5.56 Å². The molecule has 0 bridgehead atoms. The number of hydrogen-bond donors (Lipinski definition) is 0. The summed E-state index contributed by atoms with van der Waals surface area (Å²) in [7, 11) is 0. The summed E-state index contributed by atoms with van der Waals surface area (Å²) < 4.78 is 1.93. The number of nitrogens with zero attached hydrogens (tertiary/aromatic N) is 1. The van der Waals surface area contributed by atoms with Gasteiger partial charge in [-0.25, -0.2) is 0 Å². The fourth-order valence-corrected chi connectivity index (χ4v) is 2.39. The molecule has 1 heterocycles. The van der Waals surface area contributed by atoms with Crippen LogP contribution in [0.15, 0.2) is 35.1 Å². The molecule has 0 aliphatic heterocycles. The minimum atomic E-state index is 0.158. The van der Waals surface area contributed by atoms with Crippen molar-refractivity contribution in [2.45, 2.75) is 46.1 Å². The monoisotopic (exact) mass is 243 g/mol. The Morgan fingerprint density at radius 2 is 1.89 bits per heavy atom. The lowest BCUT2D eigenvalue weighted by Crippen LogP contribution is -2.22. The average Bonchev–Trinajstić information content (AvgIpc) is 2.38. The van der Waals surface area contributed by atoms with Gasteiger partial charge in [0.2, 0.25) is 0 Å². The number of aromatic nitrogens is 1. The van der Waals surface area contributed by atoms with Crippen LogP contribution in [0.25, 0.3) is 10.9 Å². The molecule has 2 heteroatoms. The third kappa shape index (κ3) is 2.63. The van der Waals surface area contributed by atoms with Crippen LogP contribution in [0, 0.1) is 6.92 Å². The second kappa shape index (κ2) is 5.85. The molecule has 0 spiro atoms. The Morgan fingerprint density at radius 1 is 1.11 bits per heavy atom. The number of hydrogen-bond acceptors (Lipinski definition) is 1. The highest BCUT2D eigenvalue weighted by Gasteiger charge is 2.05. The minimum Gasteiger partial charge on any atom is -0.308 e. The Balaban J connectivity index is 2.35. The highest BCUT2D eigenvalue weighted by Crippen LogP contribution is 2.14. The summed E-state index contributed by atoms with van der Waals surface area (Å²) in [5, 5.41) is 1.16. The van der Waals surface area contributed by atoms with Crippen LogP contribution in [0.5, 0.6) is 0 Å². The van der Waals surface area contributed by atoms with Gasteiger partial charge in [-0.1, -0.05) is 44.4 Å². The van der Waals surface area contributed by atoms with Crippen LogP contribution in [0.4, 0.5) is 0 Å². The van der Waals surface area contributed by atoms with Gasteiger partial charge in [0.1, 0.15) is 0 Å². The summed E-state index contributed by atoms with van der Waals surface area (Å²) in [6, 6.07) is 10.1. The molecule has 2 rings (SSSR count). The molecule has 0 saturated carbocycles. The fourth-order valence-electron chi connectivity index (χ4n) is 2.39. The number of rotatable bonds is 5. The maximum atomic E-state index is 12.2. The molecular formula is C16H21NO. The van der Waals surface area contributed by atoms with Crippen molar-refractivity contribution in [1.29, 1.82) is 0 Å².